The van der Waals surface area contributed by atoms with E-state index in [1.165, 1.54) is 23.5 Å². The Labute approximate surface area is 107 Å². The lowest BCUT2D eigenvalue weighted by atomic mass is 10.3. The van der Waals surface area contributed by atoms with Crippen molar-refractivity contribution in [1.82, 2.24) is 9.97 Å². The molecule has 18 heavy (non-hydrogen) atoms. The summed E-state index contributed by atoms with van der Waals surface area (Å²) in [7, 11) is 0. The Hall–Kier alpha value is -2.01. The molecule has 0 aliphatic carbocycles. The Morgan fingerprint density at radius 3 is 2.94 bits per heavy atom. The first-order valence-corrected chi connectivity index (χ1v) is 6.27. The van der Waals surface area contributed by atoms with Gasteiger partial charge >= 0.3 is 0 Å². The zero-order chi connectivity index (χ0) is 12.5. The number of anilines is 2. The fourth-order valence-corrected chi connectivity index (χ4v) is 2.61. The van der Waals surface area contributed by atoms with Gasteiger partial charge in [0.1, 0.15) is 5.82 Å². The highest BCUT2D eigenvalue weighted by Crippen LogP contribution is 2.28. The first-order chi connectivity index (χ1) is 8.70. The lowest BCUT2D eigenvalue weighted by molar-refractivity contribution is 0.630. The van der Waals surface area contributed by atoms with Gasteiger partial charge in [-0.1, -0.05) is 11.3 Å². The fraction of sp³-hybridized carbons (Fsp3) is 0.0769. The molecule has 0 spiro atoms. The maximum atomic E-state index is 13.1. The summed E-state index contributed by atoms with van der Waals surface area (Å²) >= 11 is 1.42. The van der Waals surface area contributed by atoms with Gasteiger partial charge in [0.15, 0.2) is 5.13 Å². The van der Waals surface area contributed by atoms with E-state index in [-0.39, 0.29) is 5.82 Å². The standard InChI is InChI=1S/C13H10FN3S/c1-8-4-10(7-15-6-8)16-13-17-11-3-2-9(14)5-12(11)18-13/h2-7H,1H3,(H,16,17). The summed E-state index contributed by atoms with van der Waals surface area (Å²) in [5, 5.41) is 3.91. The van der Waals surface area contributed by atoms with Crippen molar-refractivity contribution in [3.05, 3.63) is 48.0 Å². The maximum Gasteiger partial charge on any atom is 0.188 e. The normalized spacial score (nSPS) is 10.8. The van der Waals surface area contributed by atoms with Crippen LogP contribution in [0.15, 0.2) is 36.7 Å². The van der Waals surface area contributed by atoms with E-state index in [9.17, 15) is 4.39 Å². The summed E-state index contributed by atoms with van der Waals surface area (Å²) in [5.41, 5.74) is 2.76. The van der Waals surface area contributed by atoms with Crippen molar-refractivity contribution in [1.29, 1.82) is 0 Å². The second-order valence-corrected chi connectivity index (χ2v) is 5.04. The van der Waals surface area contributed by atoms with Gasteiger partial charge in [-0.2, -0.15) is 0 Å². The van der Waals surface area contributed by atoms with Gasteiger partial charge in [-0.3, -0.25) is 4.98 Å². The minimum absolute atomic E-state index is 0.241. The molecule has 0 aliphatic heterocycles. The van der Waals surface area contributed by atoms with E-state index in [1.54, 1.807) is 18.5 Å². The molecule has 0 saturated carbocycles. The average molecular weight is 259 g/mol. The van der Waals surface area contributed by atoms with Gasteiger partial charge in [-0.15, -0.1) is 0 Å². The van der Waals surface area contributed by atoms with Crippen LogP contribution in [0, 0.1) is 12.7 Å². The molecule has 0 unspecified atom stereocenters. The Morgan fingerprint density at radius 1 is 1.22 bits per heavy atom. The molecule has 5 heteroatoms. The van der Waals surface area contributed by atoms with E-state index in [2.05, 4.69) is 15.3 Å². The largest absolute Gasteiger partial charge is 0.330 e. The summed E-state index contributed by atoms with van der Waals surface area (Å²) in [6.45, 7) is 1.98. The highest BCUT2D eigenvalue weighted by Gasteiger charge is 2.05. The number of hydrogen-bond donors (Lipinski definition) is 1. The van der Waals surface area contributed by atoms with Crippen LogP contribution < -0.4 is 5.32 Å². The number of aromatic nitrogens is 2. The Bertz CT molecular complexity index is 708. The molecule has 0 saturated heterocycles. The molecule has 1 aromatic carbocycles. The monoisotopic (exact) mass is 259 g/mol. The van der Waals surface area contributed by atoms with Crippen molar-refractivity contribution in [2.24, 2.45) is 0 Å². The molecule has 0 fully saturated rings. The van der Waals surface area contributed by atoms with Gasteiger partial charge in [0.2, 0.25) is 0 Å². The van der Waals surface area contributed by atoms with Crippen molar-refractivity contribution in [2.45, 2.75) is 6.92 Å². The predicted octanol–water partition coefficient (Wildman–Crippen LogP) is 3.88. The van der Waals surface area contributed by atoms with Crippen molar-refractivity contribution in [3.63, 3.8) is 0 Å². The quantitative estimate of drug-likeness (QED) is 0.758. The molecule has 2 heterocycles. The third-order valence-corrected chi connectivity index (χ3v) is 3.41. The van der Waals surface area contributed by atoms with Crippen LogP contribution in [0.3, 0.4) is 0 Å². The first-order valence-electron chi connectivity index (χ1n) is 5.45. The number of halogens is 1. The number of pyridine rings is 1. The molecule has 1 N–H and O–H groups in total. The molecule has 0 amide bonds. The molecular formula is C13H10FN3S. The van der Waals surface area contributed by atoms with Gasteiger partial charge in [-0.05, 0) is 36.8 Å². The summed E-state index contributed by atoms with van der Waals surface area (Å²) < 4.78 is 13.9. The van der Waals surface area contributed by atoms with Crippen LogP contribution in [-0.4, -0.2) is 9.97 Å². The molecule has 90 valence electrons. The number of thiazole rings is 1. The van der Waals surface area contributed by atoms with E-state index < -0.39 is 0 Å². The SMILES string of the molecule is Cc1cncc(Nc2nc3ccc(F)cc3s2)c1. The molecule has 2 aromatic heterocycles. The summed E-state index contributed by atoms with van der Waals surface area (Å²) in [5.74, 6) is -0.241. The van der Waals surface area contributed by atoms with Crippen LogP contribution >= 0.6 is 11.3 Å². The molecule has 3 rings (SSSR count). The minimum Gasteiger partial charge on any atom is -0.330 e. The van der Waals surface area contributed by atoms with Gasteiger partial charge in [-0.25, -0.2) is 9.37 Å². The van der Waals surface area contributed by atoms with Crippen LogP contribution in [-0.2, 0) is 0 Å². The fourth-order valence-electron chi connectivity index (χ4n) is 1.70. The Balaban J connectivity index is 1.95. The third kappa shape index (κ3) is 2.17. The second-order valence-electron chi connectivity index (χ2n) is 4.01. The van der Waals surface area contributed by atoms with Crippen molar-refractivity contribution in [2.75, 3.05) is 5.32 Å². The lowest BCUT2D eigenvalue weighted by Gasteiger charge is -2.01. The van der Waals surface area contributed by atoms with E-state index in [4.69, 9.17) is 0 Å². The number of fused-ring (bicyclic) bond motifs is 1. The van der Waals surface area contributed by atoms with Crippen LogP contribution in [0.1, 0.15) is 5.56 Å². The number of nitrogens with one attached hydrogen (secondary N) is 1. The van der Waals surface area contributed by atoms with Crippen LogP contribution in [0.4, 0.5) is 15.2 Å². The van der Waals surface area contributed by atoms with Crippen molar-refractivity contribution >= 4 is 32.4 Å². The molecule has 3 nitrogen and oxygen atoms in total. The number of hydrogen-bond acceptors (Lipinski definition) is 4. The Morgan fingerprint density at radius 2 is 2.11 bits per heavy atom. The number of aryl methyl sites for hydroxylation is 1. The summed E-state index contributed by atoms with van der Waals surface area (Å²) in [6.07, 6.45) is 3.53. The van der Waals surface area contributed by atoms with E-state index in [0.29, 0.717) is 0 Å². The highest BCUT2D eigenvalue weighted by molar-refractivity contribution is 7.22. The van der Waals surface area contributed by atoms with Gasteiger partial charge < -0.3 is 5.32 Å². The number of rotatable bonds is 2. The molecule has 0 bridgehead atoms. The summed E-state index contributed by atoms with van der Waals surface area (Å²) in [6, 6.07) is 6.58. The molecule has 3 aromatic rings. The van der Waals surface area contributed by atoms with Gasteiger partial charge in [0.25, 0.3) is 0 Å². The topological polar surface area (TPSA) is 37.8 Å². The maximum absolute atomic E-state index is 13.1. The van der Waals surface area contributed by atoms with Gasteiger partial charge in [0, 0.05) is 6.20 Å². The number of nitrogens with zero attached hydrogens (tertiary/aromatic N) is 2. The molecule has 0 aliphatic rings. The number of benzene rings is 1. The van der Waals surface area contributed by atoms with Crippen LogP contribution in [0.5, 0.6) is 0 Å². The highest BCUT2D eigenvalue weighted by atomic mass is 32.1. The van der Waals surface area contributed by atoms with Crippen molar-refractivity contribution in [3.8, 4) is 0 Å². The first kappa shape index (κ1) is 11.1. The van der Waals surface area contributed by atoms with Gasteiger partial charge in [0.05, 0.1) is 22.1 Å². The average Bonchev–Trinajstić information content (AvgIpc) is 2.70. The van der Waals surface area contributed by atoms with E-state index in [0.717, 1.165) is 26.6 Å². The minimum atomic E-state index is -0.241. The predicted molar refractivity (Wildman–Crippen MR) is 71.8 cm³/mol. The molecule has 0 radical (unpaired) electrons. The molecular weight excluding hydrogens is 249 g/mol. The lowest BCUT2D eigenvalue weighted by Crippen LogP contribution is -1.90. The zero-order valence-corrected chi connectivity index (χ0v) is 10.5. The van der Waals surface area contributed by atoms with E-state index in [1.807, 2.05) is 13.0 Å². The smallest absolute Gasteiger partial charge is 0.188 e. The summed E-state index contributed by atoms with van der Waals surface area (Å²) in [4.78, 5) is 8.49. The zero-order valence-electron chi connectivity index (χ0n) is 9.64. The van der Waals surface area contributed by atoms with Crippen LogP contribution in [0.2, 0.25) is 0 Å². The van der Waals surface area contributed by atoms with Crippen LogP contribution in [0.25, 0.3) is 10.2 Å². The van der Waals surface area contributed by atoms with Crippen molar-refractivity contribution < 1.29 is 4.39 Å². The van der Waals surface area contributed by atoms with E-state index >= 15 is 0 Å². The Kier molecular flexibility index (Phi) is 2.68. The third-order valence-electron chi connectivity index (χ3n) is 2.48. The second kappa shape index (κ2) is 4.34. The molecule has 0 atom stereocenters.